The summed E-state index contributed by atoms with van der Waals surface area (Å²) in [7, 11) is 0. The van der Waals surface area contributed by atoms with Crippen molar-refractivity contribution in [1.82, 2.24) is 0 Å². The molecule has 0 saturated carbocycles. The Morgan fingerprint density at radius 2 is 1.00 bits per heavy atom. The summed E-state index contributed by atoms with van der Waals surface area (Å²) >= 11 is 1.42. The van der Waals surface area contributed by atoms with Gasteiger partial charge in [0, 0.05) is 20.2 Å². The van der Waals surface area contributed by atoms with Crippen molar-refractivity contribution in [3.05, 3.63) is 145 Å². The van der Waals surface area contributed by atoms with E-state index in [2.05, 4.69) is 97.1 Å². The van der Waals surface area contributed by atoms with E-state index in [0.717, 1.165) is 53.9 Å². The first-order chi connectivity index (χ1) is 22.9. The van der Waals surface area contributed by atoms with E-state index in [1.165, 1.54) is 22.1 Å². The van der Waals surface area contributed by atoms with Gasteiger partial charge in [-0.05, 0) is 71.4 Å². The van der Waals surface area contributed by atoms with Gasteiger partial charge < -0.3 is 0 Å². The van der Waals surface area contributed by atoms with Crippen molar-refractivity contribution in [2.75, 3.05) is 0 Å². The van der Waals surface area contributed by atoms with Gasteiger partial charge in [-0.25, -0.2) is 0 Å². The molecule has 9 aromatic rings. The third-order valence-corrected chi connectivity index (χ3v) is 9.37. The van der Waals surface area contributed by atoms with E-state index in [9.17, 15) is 1.37 Å². The van der Waals surface area contributed by atoms with Gasteiger partial charge >= 0.3 is 0 Å². The Morgan fingerprint density at radius 1 is 0.415 bits per heavy atom. The van der Waals surface area contributed by atoms with Crippen LogP contribution < -0.4 is 0 Å². The summed E-state index contributed by atoms with van der Waals surface area (Å²) in [5.74, 6) is 0. The van der Waals surface area contributed by atoms with Crippen LogP contribution in [0.15, 0.2) is 145 Å². The molecule has 0 nitrogen and oxygen atoms in total. The van der Waals surface area contributed by atoms with E-state index in [4.69, 9.17) is 6.85 Å². The molecule has 8 aromatic carbocycles. The minimum atomic E-state index is -0.388. The second-order valence-corrected chi connectivity index (χ2v) is 11.4. The number of fused-ring (bicyclic) bond motifs is 8. The monoisotopic (exact) mass is 542 g/mol. The zero-order valence-corrected chi connectivity index (χ0v) is 22.6. The van der Waals surface area contributed by atoms with Gasteiger partial charge in [0.25, 0.3) is 0 Å². The summed E-state index contributed by atoms with van der Waals surface area (Å²) in [5.41, 5.74) is 4.29. The second kappa shape index (κ2) is 8.76. The van der Waals surface area contributed by atoms with Crippen molar-refractivity contribution in [3.63, 3.8) is 0 Å². The average molecular weight is 543 g/mol. The van der Waals surface area contributed by atoms with Crippen molar-refractivity contribution < 1.29 is 8.22 Å². The van der Waals surface area contributed by atoms with E-state index in [-0.39, 0.29) is 41.6 Å². The topological polar surface area (TPSA) is 0 Å². The van der Waals surface area contributed by atoms with Crippen LogP contribution in [0.25, 0.3) is 85.5 Å². The van der Waals surface area contributed by atoms with Crippen molar-refractivity contribution >= 4 is 74.6 Å². The highest BCUT2D eigenvalue weighted by Crippen LogP contribution is 2.49. The Bertz CT molecular complexity index is 2750. The minimum absolute atomic E-state index is 0.0304. The highest BCUT2D eigenvalue weighted by Gasteiger charge is 2.20. The molecule has 1 heteroatoms. The summed E-state index contributed by atoms with van der Waals surface area (Å²) in [5, 5.41) is 8.50. The summed E-state index contributed by atoms with van der Waals surface area (Å²) in [6.07, 6.45) is 0. The first kappa shape index (κ1) is 17.7. The lowest BCUT2D eigenvalue weighted by Gasteiger charge is -2.19. The van der Waals surface area contributed by atoms with Gasteiger partial charge in [0.2, 0.25) is 0 Å². The molecule has 9 rings (SSSR count). The van der Waals surface area contributed by atoms with Gasteiger partial charge in [0.05, 0.1) is 8.22 Å². The third-order valence-electron chi connectivity index (χ3n) is 8.20. The molecule has 0 unspecified atom stereocenters. The molecule has 41 heavy (non-hydrogen) atoms. The molecule has 0 atom stereocenters. The summed E-state index contributed by atoms with van der Waals surface area (Å²) in [4.78, 5) is 0. The molecule has 1 heterocycles. The van der Waals surface area contributed by atoms with E-state index in [1.807, 2.05) is 12.1 Å². The van der Waals surface area contributed by atoms with Crippen molar-refractivity contribution in [2.24, 2.45) is 0 Å². The molecule has 0 aliphatic rings. The highest BCUT2D eigenvalue weighted by molar-refractivity contribution is 7.26. The lowest BCUT2D eigenvalue weighted by atomic mass is 9.84. The largest absolute Gasteiger partial charge is 0.135 e. The van der Waals surface area contributed by atoms with Crippen molar-refractivity contribution in [2.45, 2.75) is 0 Å². The van der Waals surface area contributed by atoms with E-state index in [1.54, 1.807) is 0 Å². The Balaban J connectivity index is 1.48. The molecule has 190 valence electrons. The van der Waals surface area contributed by atoms with E-state index < -0.39 is 0 Å². The van der Waals surface area contributed by atoms with Crippen LogP contribution in [0.5, 0.6) is 0 Å². The molecule has 0 saturated heterocycles. The Morgan fingerprint density at radius 3 is 1.76 bits per heavy atom. The predicted octanol–water partition coefficient (Wildman–Crippen LogP) is 12.0. The maximum absolute atomic E-state index is 9.24. The zero-order valence-electron chi connectivity index (χ0n) is 27.8. The second-order valence-electron chi connectivity index (χ2n) is 10.4. The van der Waals surface area contributed by atoms with Gasteiger partial charge in [-0.3, -0.25) is 0 Å². The van der Waals surface area contributed by atoms with Crippen molar-refractivity contribution in [3.8, 4) is 22.3 Å². The fourth-order valence-corrected chi connectivity index (χ4v) is 7.70. The fraction of sp³-hybridized carbons (Fsp3) is 0. The smallest absolute Gasteiger partial charge is 0.0630 e. The predicted molar refractivity (Wildman–Crippen MR) is 180 cm³/mol. The summed E-state index contributed by atoms with van der Waals surface area (Å²) < 4.78 is 53.8. The molecular weight excluding hydrogens is 513 g/mol. The first-order valence-corrected chi connectivity index (χ1v) is 14.4. The molecule has 0 N–H and O–H groups in total. The molecule has 1 aromatic heterocycles. The zero-order chi connectivity index (χ0) is 32.1. The van der Waals surface area contributed by atoms with E-state index >= 15 is 0 Å². The number of benzene rings is 8. The SMILES string of the molecule is [2H]c1c([2H])c([2H])c2c(c1[2H])c([2H])c([2H])c1c2sc2cccc(-c3c4ccccc4c(-c4cccc5ccccc45)c4ccccc34)c21. The number of hydrogen-bond donors (Lipinski definition) is 0. The highest BCUT2D eigenvalue weighted by atomic mass is 32.1. The molecule has 0 amide bonds. The molecule has 0 aliphatic heterocycles. The molecule has 0 aliphatic carbocycles. The van der Waals surface area contributed by atoms with Gasteiger partial charge in [0.15, 0.2) is 0 Å². The van der Waals surface area contributed by atoms with Crippen LogP contribution in [0.3, 0.4) is 0 Å². The van der Waals surface area contributed by atoms with E-state index in [0.29, 0.717) is 15.5 Å². The van der Waals surface area contributed by atoms with Crippen LogP contribution in [-0.2, 0) is 0 Å². The molecule has 0 bridgehead atoms. The minimum Gasteiger partial charge on any atom is -0.135 e. The van der Waals surface area contributed by atoms with Crippen LogP contribution >= 0.6 is 11.3 Å². The van der Waals surface area contributed by atoms with Crippen LogP contribution in [0.2, 0.25) is 0 Å². The maximum atomic E-state index is 9.24. The summed E-state index contributed by atoms with van der Waals surface area (Å²) in [6.45, 7) is 0. The maximum Gasteiger partial charge on any atom is 0.0630 e. The lowest BCUT2D eigenvalue weighted by molar-refractivity contribution is 1.69. The van der Waals surface area contributed by atoms with Gasteiger partial charge in [0.1, 0.15) is 0 Å². The number of hydrogen-bond acceptors (Lipinski definition) is 1. The summed E-state index contributed by atoms with van der Waals surface area (Å²) in [6, 6.07) is 36.5. The van der Waals surface area contributed by atoms with Crippen LogP contribution in [0, 0.1) is 0 Å². The quantitative estimate of drug-likeness (QED) is 0.191. The molecule has 0 fully saturated rings. The first-order valence-electron chi connectivity index (χ1n) is 16.6. The Hall–Kier alpha value is -4.98. The standard InChI is InChI=1S/C40H24S/c1-3-14-27-25(11-1)13-9-20-29(27)37-30-16-5-7-18-32(30)38(33-19-8-6-17-31(33)37)34-21-10-22-36-39(34)35-24-23-26-12-2-4-15-28(26)40(35)41-36/h1-24H/i2D,4D,12D,15D,23D,24D. The number of thiophene rings is 1. The van der Waals surface area contributed by atoms with Crippen LogP contribution in [0.1, 0.15) is 8.22 Å². The average Bonchev–Trinajstić information content (AvgIpc) is 3.50. The molecule has 0 spiro atoms. The normalized spacial score (nSPS) is 14.0. The van der Waals surface area contributed by atoms with Crippen molar-refractivity contribution in [1.29, 1.82) is 0 Å². The Kier molecular flexibility index (Phi) is 3.77. The lowest BCUT2D eigenvalue weighted by Crippen LogP contribution is -1.92. The third kappa shape index (κ3) is 3.27. The Labute approximate surface area is 250 Å². The number of rotatable bonds is 2. The van der Waals surface area contributed by atoms with Gasteiger partial charge in [-0.15, -0.1) is 11.3 Å². The fourth-order valence-electron chi connectivity index (χ4n) is 6.51. The van der Waals surface area contributed by atoms with Crippen LogP contribution in [-0.4, -0.2) is 0 Å². The van der Waals surface area contributed by atoms with Gasteiger partial charge in [-0.1, -0.05) is 139 Å². The molecule has 0 radical (unpaired) electrons. The van der Waals surface area contributed by atoms with Crippen LogP contribution in [0.4, 0.5) is 0 Å². The van der Waals surface area contributed by atoms with Gasteiger partial charge in [-0.2, -0.15) is 0 Å². The molecular formula is C40H24S.